The Labute approximate surface area is 121 Å². The number of piperidine rings is 1. The molecule has 1 aromatic heterocycles. The fraction of sp³-hybridized carbons (Fsp3) is 0.533. The Hall–Kier alpha value is -1.13. The molecule has 2 saturated heterocycles. The molecular weight excluding hydrogens is 279 g/mol. The minimum atomic E-state index is -0.457. The molecule has 2 aliphatic rings. The third-order valence-corrected chi connectivity index (χ3v) is 4.80. The second kappa shape index (κ2) is 4.71. The highest BCUT2D eigenvalue weighted by Gasteiger charge is 2.34. The van der Waals surface area contributed by atoms with Gasteiger partial charge in [-0.15, -0.1) is 0 Å². The highest BCUT2D eigenvalue weighted by Crippen LogP contribution is 2.33. The van der Waals surface area contributed by atoms with Crippen LogP contribution in [0.25, 0.3) is 11.1 Å². The van der Waals surface area contributed by atoms with Gasteiger partial charge in [0, 0.05) is 24.6 Å². The van der Waals surface area contributed by atoms with E-state index in [1.54, 1.807) is 0 Å². The number of fused-ring (bicyclic) bond motifs is 3. The molecule has 5 heteroatoms. The van der Waals surface area contributed by atoms with E-state index in [4.69, 9.17) is 16.0 Å². The van der Waals surface area contributed by atoms with Crippen LogP contribution in [0.15, 0.2) is 16.5 Å². The Bertz CT molecular complexity index is 606. The summed E-state index contributed by atoms with van der Waals surface area (Å²) in [6.45, 7) is 0. The number of hydrogen-bond acceptors (Lipinski definition) is 3. The summed E-state index contributed by atoms with van der Waals surface area (Å²) in [6, 6.07) is 4.18. The van der Waals surface area contributed by atoms with Gasteiger partial charge < -0.3 is 9.73 Å². The Morgan fingerprint density at radius 3 is 2.80 bits per heavy atom. The second-order valence-electron chi connectivity index (χ2n) is 6.02. The number of aromatic nitrogens is 1. The molecule has 0 amide bonds. The Balaban J connectivity index is 1.56. The van der Waals surface area contributed by atoms with Crippen LogP contribution < -0.4 is 5.32 Å². The van der Waals surface area contributed by atoms with Crippen molar-refractivity contribution in [2.45, 2.75) is 44.2 Å². The topological polar surface area (TPSA) is 38.1 Å². The normalized spacial score (nSPS) is 29.2. The van der Waals surface area contributed by atoms with Gasteiger partial charge in [-0.25, -0.2) is 9.37 Å². The molecule has 20 heavy (non-hydrogen) atoms. The smallest absolute Gasteiger partial charge is 0.195 e. The predicted octanol–water partition coefficient (Wildman–Crippen LogP) is 3.69. The van der Waals surface area contributed by atoms with E-state index in [0.717, 1.165) is 6.42 Å². The highest BCUT2D eigenvalue weighted by atomic mass is 35.5. The number of nitrogens with one attached hydrogen (secondary N) is 1. The molecule has 2 unspecified atom stereocenters. The summed E-state index contributed by atoms with van der Waals surface area (Å²) in [5.74, 6) is 0.858. The van der Waals surface area contributed by atoms with Gasteiger partial charge in [-0.1, -0.05) is 11.6 Å². The minimum absolute atomic E-state index is 0.0947. The van der Waals surface area contributed by atoms with Gasteiger partial charge >= 0.3 is 0 Å². The molecule has 0 radical (unpaired) electrons. The summed E-state index contributed by atoms with van der Waals surface area (Å²) >= 11 is 5.77. The van der Waals surface area contributed by atoms with Crippen LogP contribution in [0.3, 0.4) is 0 Å². The van der Waals surface area contributed by atoms with Crippen LogP contribution in [0.2, 0.25) is 5.02 Å². The first kappa shape index (κ1) is 12.6. The average Bonchev–Trinajstić information content (AvgIpc) is 2.93. The predicted molar refractivity (Wildman–Crippen MR) is 75.4 cm³/mol. The lowest BCUT2D eigenvalue weighted by molar-refractivity contribution is 0.284. The van der Waals surface area contributed by atoms with E-state index in [1.807, 2.05) is 0 Å². The maximum atomic E-state index is 13.4. The number of benzene rings is 1. The fourth-order valence-electron chi connectivity index (χ4n) is 3.65. The molecule has 2 bridgehead atoms. The van der Waals surface area contributed by atoms with E-state index in [2.05, 4.69) is 10.3 Å². The Morgan fingerprint density at radius 1 is 1.30 bits per heavy atom. The zero-order valence-electron chi connectivity index (χ0n) is 11.0. The van der Waals surface area contributed by atoms with Crippen molar-refractivity contribution in [2.75, 3.05) is 0 Å². The molecule has 1 N–H and O–H groups in total. The summed E-state index contributed by atoms with van der Waals surface area (Å²) < 4.78 is 19.1. The van der Waals surface area contributed by atoms with E-state index in [0.29, 0.717) is 35.0 Å². The monoisotopic (exact) mass is 294 g/mol. The van der Waals surface area contributed by atoms with Crippen molar-refractivity contribution in [3.63, 3.8) is 0 Å². The zero-order chi connectivity index (χ0) is 13.7. The first-order valence-corrected chi connectivity index (χ1v) is 7.55. The number of rotatable bonds is 2. The third kappa shape index (κ3) is 2.21. The highest BCUT2D eigenvalue weighted by molar-refractivity contribution is 6.31. The zero-order valence-corrected chi connectivity index (χ0v) is 11.8. The van der Waals surface area contributed by atoms with Crippen molar-refractivity contribution in [1.82, 2.24) is 10.3 Å². The molecule has 3 heterocycles. The molecule has 0 saturated carbocycles. The summed E-state index contributed by atoms with van der Waals surface area (Å²) in [4.78, 5) is 4.44. The van der Waals surface area contributed by atoms with Gasteiger partial charge in [-0.2, -0.15) is 0 Å². The lowest BCUT2D eigenvalue weighted by Gasteiger charge is -2.28. The minimum Gasteiger partial charge on any atom is -0.441 e. The molecule has 2 atom stereocenters. The van der Waals surface area contributed by atoms with Gasteiger partial charge in [0.25, 0.3) is 0 Å². The van der Waals surface area contributed by atoms with Crippen LogP contribution in [-0.4, -0.2) is 17.1 Å². The molecule has 3 nitrogen and oxygen atoms in total. The lowest BCUT2D eigenvalue weighted by atomic mass is 9.90. The average molecular weight is 295 g/mol. The van der Waals surface area contributed by atoms with Crippen molar-refractivity contribution in [3.8, 4) is 0 Å². The van der Waals surface area contributed by atoms with Crippen LogP contribution in [-0.2, 0) is 6.42 Å². The molecular formula is C15H16ClFN2O. The first-order valence-electron chi connectivity index (χ1n) is 7.18. The molecule has 106 valence electrons. The molecule has 0 spiro atoms. The van der Waals surface area contributed by atoms with E-state index < -0.39 is 5.82 Å². The second-order valence-corrected chi connectivity index (χ2v) is 6.43. The number of hydrogen-bond donors (Lipinski definition) is 1. The first-order chi connectivity index (χ1) is 9.67. The molecule has 1 aromatic carbocycles. The van der Waals surface area contributed by atoms with E-state index in [-0.39, 0.29) is 5.02 Å². The van der Waals surface area contributed by atoms with Gasteiger partial charge in [-0.3, -0.25) is 0 Å². The van der Waals surface area contributed by atoms with Gasteiger partial charge in [0.05, 0.1) is 5.02 Å². The van der Waals surface area contributed by atoms with E-state index in [9.17, 15) is 4.39 Å². The lowest BCUT2D eigenvalue weighted by Crippen LogP contribution is -2.38. The molecule has 2 aromatic rings. The fourth-order valence-corrected chi connectivity index (χ4v) is 3.81. The van der Waals surface area contributed by atoms with Crippen LogP contribution in [0, 0.1) is 11.7 Å². The quantitative estimate of drug-likeness (QED) is 0.918. The summed E-state index contributed by atoms with van der Waals surface area (Å²) in [6.07, 6.45) is 5.78. The number of nitrogens with zero attached hydrogens (tertiary/aromatic N) is 1. The standard InChI is InChI=1S/C15H16ClFN2O/c16-11-6-13-14(7-12(11)17)20-15(19-13)5-8-3-9-1-2-10(4-8)18-9/h6-10,18H,1-5H2. The number of halogens is 2. The van der Waals surface area contributed by atoms with Gasteiger partial charge in [0.1, 0.15) is 11.3 Å². The molecule has 2 fully saturated rings. The maximum Gasteiger partial charge on any atom is 0.195 e. The van der Waals surface area contributed by atoms with E-state index >= 15 is 0 Å². The van der Waals surface area contributed by atoms with Gasteiger partial charge in [-0.05, 0) is 37.7 Å². The van der Waals surface area contributed by atoms with Crippen molar-refractivity contribution in [2.24, 2.45) is 5.92 Å². The van der Waals surface area contributed by atoms with Crippen LogP contribution in [0.5, 0.6) is 0 Å². The molecule has 2 aliphatic heterocycles. The maximum absolute atomic E-state index is 13.4. The van der Waals surface area contributed by atoms with Crippen molar-refractivity contribution in [1.29, 1.82) is 0 Å². The molecule has 0 aliphatic carbocycles. The van der Waals surface area contributed by atoms with Crippen LogP contribution in [0.1, 0.15) is 31.6 Å². The third-order valence-electron chi connectivity index (χ3n) is 4.51. The van der Waals surface area contributed by atoms with Gasteiger partial charge in [0.15, 0.2) is 11.5 Å². The summed E-state index contributed by atoms with van der Waals surface area (Å²) in [5.41, 5.74) is 1.13. The van der Waals surface area contributed by atoms with Crippen molar-refractivity contribution >= 4 is 22.7 Å². The molecule has 4 rings (SSSR count). The Morgan fingerprint density at radius 2 is 2.05 bits per heavy atom. The van der Waals surface area contributed by atoms with Crippen molar-refractivity contribution in [3.05, 3.63) is 28.9 Å². The summed E-state index contributed by atoms with van der Waals surface area (Å²) in [5, 5.41) is 3.72. The van der Waals surface area contributed by atoms with E-state index in [1.165, 1.54) is 37.8 Å². The Kier molecular flexibility index (Phi) is 2.97. The number of oxazole rings is 1. The summed E-state index contributed by atoms with van der Waals surface area (Å²) in [7, 11) is 0. The SMILES string of the molecule is Fc1cc2oc(CC3CC4CCC(C3)N4)nc2cc1Cl. The van der Waals surface area contributed by atoms with Crippen LogP contribution >= 0.6 is 11.6 Å². The largest absolute Gasteiger partial charge is 0.441 e. The van der Waals surface area contributed by atoms with Crippen LogP contribution in [0.4, 0.5) is 4.39 Å². The van der Waals surface area contributed by atoms with Crippen molar-refractivity contribution < 1.29 is 8.81 Å². The van der Waals surface area contributed by atoms with Gasteiger partial charge in [0.2, 0.25) is 0 Å².